The van der Waals surface area contributed by atoms with Crippen molar-refractivity contribution in [3.8, 4) is 0 Å². The Balaban J connectivity index is 2.73. The Labute approximate surface area is 51.5 Å². The molecule has 0 bridgehead atoms. The summed E-state index contributed by atoms with van der Waals surface area (Å²) in [5.41, 5.74) is 5.15. The second-order valence-corrected chi connectivity index (χ2v) is 2.69. The third-order valence-electron chi connectivity index (χ3n) is 0.931. The summed E-state index contributed by atoms with van der Waals surface area (Å²) in [5, 5.41) is -0.0602. The smallest absolute Gasteiger partial charge is 0.212 e. The molecule has 0 fully saturated rings. The van der Waals surface area contributed by atoms with Crippen LogP contribution in [0.25, 0.3) is 0 Å². The summed E-state index contributed by atoms with van der Waals surface area (Å²) >= 11 is 1.23. The van der Waals surface area contributed by atoms with Crippen molar-refractivity contribution in [1.29, 1.82) is 0 Å². The maximum atomic E-state index is 10.6. The Kier molecular flexibility index (Phi) is 1.25. The normalized spacial score (nSPS) is 28.4. The first kappa shape index (κ1) is 5.62. The van der Waals surface area contributed by atoms with E-state index in [0.717, 1.165) is 0 Å². The fraction of sp³-hybridized carbons (Fsp3) is 0.500. The third-order valence-corrected chi connectivity index (χ3v) is 1.76. The lowest BCUT2D eigenvalue weighted by atomic mass is 10.3. The van der Waals surface area contributed by atoms with Crippen molar-refractivity contribution >= 4 is 23.6 Å². The third kappa shape index (κ3) is 0.709. The summed E-state index contributed by atoms with van der Waals surface area (Å²) in [5.74, 6) is 0.109. The van der Waals surface area contributed by atoms with Crippen LogP contribution in [0.3, 0.4) is 0 Å². The fourth-order valence-corrected chi connectivity index (χ4v) is 1.02. The molecule has 0 aromatic rings. The van der Waals surface area contributed by atoms with Gasteiger partial charge in [-0.05, 0) is 18.9 Å². The van der Waals surface area contributed by atoms with Crippen molar-refractivity contribution in [3.05, 3.63) is 0 Å². The van der Waals surface area contributed by atoms with Gasteiger partial charge in [-0.25, -0.2) is 0 Å². The number of hydrogen-bond donors (Lipinski definition) is 1. The van der Waals surface area contributed by atoms with E-state index in [1.165, 1.54) is 11.9 Å². The fourth-order valence-electron chi connectivity index (χ4n) is 0.437. The highest BCUT2D eigenvalue weighted by Gasteiger charge is 2.23. The van der Waals surface area contributed by atoms with Crippen molar-refractivity contribution < 1.29 is 4.79 Å². The molecule has 2 N–H and O–H groups in total. The zero-order valence-electron chi connectivity index (χ0n) is 4.42. The van der Waals surface area contributed by atoms with Crippen LogP contribution < -0.4 is 5.73 Å². The molecule has 1 heterocycles. The number of hydrogen-bond acceptors (Lipinski definition) is 4. The van der Waals surface area contributed by atoms with E-state index in [1.54, 1.807) is 6.92 Å². The maximum Gasteiger partial charge on any atom is 0.212 e. The largest absolute Gasteiger partial charge is 0.380 e. The van der Waals surface area contributed by atoms with Gasteiger partial charge in [-0.3, -0.25) is 4.79 Å². The summed E-state index contributed by atoms with van der Waals surface area (Å²) in [6.45, 7) is 1.79. The molecule has 0 spiro atoms. The SMILES string of the molecule is CC1SN=C(N)C1=O. The zero-order valence-corrected chi connectivity index (χ0v) is 5.23. The maximum absolute atomic E-state index is 10.6. The Bertz CT molecular complexity index is 154. The van der Waals surface area contributed by atoms with Crippen LogP contribution in [0.15, 0.2) is 4.40 Å². The van der Waals surface area contributed by atoms with Gasteiger partial charge in [0, 0.05) is 0 Å². The Morgan fingerprint density at radius 1 is 1.88 bits per heavy atom. The van der Waals surface area contributed by atoms with Crippen molar-refractivity contribution in [2.45, 2.75) is 12.2 Å². The van der Waals surface area contributed by atoms with E-state index < -0.39 is 0 Å². The Morgan fingerprint density at radius 2 is 2.50 bits per heavy atom. The molecule has 0 aliphatic carbocycles. The van der Waals surface area contributed by atoms with E-state index in [0.29, 0.717) is 0 Å². The van der Waals surface area contributed by atoms with Crippen LogP contribution in [0.5, 0.6) is 0 Å². The Hall–Kier alpha value is -0.510. The molecule has 8 heavy (non-hydrogen) atoms. The van der Waals surface area contributed by atoms with Crippen molar-refractivity contribution in [3.63, 3.8) is 0 Å². The van der Waals surface area contributed by atoms with E-state index in [-0.39, 0.29) is 16.9 Å². The predicted molar refractivity (Wildman–Crippen MR) is 33.7 cm³/mol. The lowest BCUT2D eigenvalue weighted by molar-refractivity contribution is -0.112. The van der Waals surface area contributed by atoms with Crippen LogP contribution in [0, 0.1) is 0 Å². The molecular formula is C4H6N2OS. The summed E-state index contributed by atoms with van der Waals surface area (Å²) in [6.07, 6.45) is 0. The van der Waals surface area contributed by atoms with E-state index in [2.05, 4.69) is 4.40 Å². The number of carbonyl (C=O) groups is 1. The van der Waals surface area contributed by atoms with Gasteiger partial charge in [0.2, 0.25) is 5.78 Å². The van der Waals surface area contributed by atoms with Gasteiger partial charge in [0.05, 0.1) is 5.25 Å². The number of carbonyl (C=O) groups excluding carboxylic acids is 1. The van der Waals surface area contributed by atoms with Crippen molar-refractivity contribution in [2.75, 3.05) is 0 Å². The molecule has 1 rings (SSSR count). The summed E-state index contributed by atoms with van der Waals surface area (Å²) in [7, 11) is 0. The molecule has 0 amide bonds. The molecule has 1 atom stereocenters. The second-order valence-electron chi connectivity index (χ2n) is 1.59. The monoisotopic (exact) mass is 130 g/mol. The molecule has 0 radical (unpaired) electrons. The molecule has 1 unspecified atom stereocenters. The highest BCUT2D eigenvalue weighted by atomic mass is 32.2. The van der Waals surface area contributed by atoms with Crippen LogP contribution in [-0.2, 0) is 4.79 Å². The quantitative estimate of drug-likeness (QED) is 0.468. The number of Topliss-reactive ketones (excluding diaryl/α,β-unsaturated/α-hetero) is 1. The molecule has 1 aliphatic rings. The van der Waals surface area contributed by atoms with E-state index in [9.17, 15) is 4.79 Å². The molecule has 4 heteroatoms. The van der Waals surface area contributed by atoms with Gasteiger partial charge in [-0.15, -0.1) is 0 Å². The molecule has 0 saturated heterocycles. The topological polar surface area (TPSA) is 55.4 Å². The minimum absolute atomic E-state index is 0.0463. The molecule has 0 aromatic carbocycles. The molecule has 3 nitrogen and oxygen atoms in total. The van der Waals surface area contributed by atoms with E-state index in [1.807, 2.05) is 0 Å². The van der Waals surface area contributed by atoms with Gasteiger partial charge in [-0.2, -0.15) is 4.40 Å². The first-order valence-corrected chi connectivity index (χ1v) is 3.09. The molecule has 1 aliphatic heterocycles. The van der Waals surface area contributed by atoms with Gasteiger partial charge in [-0.1, -0.05) is 0 Å². The highest BCUT2D eigenvalue weighted by molar-refractivity contribution is 8.00. The predicted octanol–water partition coefficient (Wildman–Crippen LogP) is -0.0370. The summed E-state index contributed by atoms with van der Waals surface area (Å²) in [6, 6.07) is 0. The molecular weight excluding hydrogens is 124 g/mol. The van der Waals surface area contributed by atoms with Crippen LogP contribution in [0.4, 0.5) is 0 Å². The standard InChI is InChI=1S/C4H6N2OS/c1-2-3(7)4(5)6-8-2/h2H,1H3,(H2,5,6). The average molecular weight is 130 g/mol. The summed E-state index contributed by atoms with van der Waals surface area (Å²) < 4.78 is 3.66. The average Bonchev–Trinajstić information content (AvgIpc) is 1.98. The lowest BCUT2D eigenvalue weighted by Crippen LogP contribution is -2.24. The van der Waals surface area contributed by atoms with Gasteiger partial charge < -0.3 is 5.73 Å². The minimum Gasteiger partial charge on any atom is -0.380 e. The lowest BCUT2D eigenvalue weighted by Gasteiger charge is -1.90. The zero-order chi connectivity index (χ0) is 6.15. The number of rotatable bonds is 0. The highest BCUT2D eigenvalue weighted by Crippen LogP contribution is 2.18. The molecule has 0 aromatic heterocycles. The van der Waals surface area contributed by atoms with Crippen molar-refractivity contribution in [1.82, 2.24) is 0 Å². The molecule has 0 saturated carbocycles. The number of nitrogens with two attached hydrogens (primary N) is 1. The summed E-state index contributed by atoms with van der Waals surface area (Å²) in [4.78, 5) is 10.6. The minimum atomic E-state index is -0.0602. The first-order chi connectivity index (χ1) is 3.72. The van der Waals surface area contributed by atoms with Crippen LogP contribution in [-0.4, -0.2) is 16.9 Å². The van der Waals surface area contributed by atoms with Crippen LogP contribution in [0.1, 0.15) is 6.92 Å². The number of ketones is 1. The van der Waals surface area contributed by atoms with Crippen molar-refractivity contribution in [2.24, 2.45) is 10.1 Å². The molecule has 44 valence electrons. The number of amidine groups is 1. The van der Waals surface area contributed by atoms with Crippen LogP contribution >= 0.6 is 11.9 Å². The number of nitrogens with zero attached hydrogens (tertiary/aromatic N) is 1. The first-order valence-electron chi connectivity index (χ1n) is 2.25. The van der Waals surface area contributed by atoms with E-state index in [4.69, 9.17) is 5.73 Å². The van der Waals surface area contributed by atoms with Crippen LogP contribution in [0.2, 0.25) is 0 Å². The van der Waals surface area contributed by atoms with Gasteiger partial charge in [0.1, 0.15) is 0 Å². The van der Waals surface area contributed by atoms with Gasteiger partial charge >= 0.3 is 0 Å². The second kappa shape index (κ2) is 1.78. The Morgan fingerprint density at radius 3 is 2.62 bits per heavy atom. The van der Waals surface area contributed by atoms with Gasteiger partial charge in [0.25, 0.3) is 0 Å². The van der Waals surface area contributed by atoms with Gasteiger partial charge in [0.15, 0.2) is 5.84 Å². The van der Waals surface area contributed by atoms with E-state index >= 15 is 0 Å².